The zero-order chi connectivity index (χ0) is 23.5. The number of ether oxygens (including phenoxy) is 1. The van der Waals surface area contributed by atoms with Gasteiger partial charge in [-0.3, -0.25) is 9.91 Å². The zero-order valence-corrected chi connectivity index (χ0v) is 19.8. The van der Waals surface area contributed by atoms with Crippen molar-refractivity contribution in [2.45, 2.75) is 12.6 Å². The van der Waals surface area contributed by atoms with E-state index in [-0.39, 0.29) is 0 Å². The highest BCUT2D eigenvalue weighted by molar-refractivity contribution is 5.80. The molecule has 1 saturated heterocycles. The van der Waals surface area contributed by atoms with E-state index in [0.29, 0.717) is 12.6 Å². The van der Waals surface area contributed by atoms with Gasteiger partial charge >= 0.3 is 0 Å². The minimum atomic E-state index is 0.344. The van der Waals surface area contributed by atoms with E-state index in [9.17, 15) is 0 Å². The standard InChI is InChI=1S/C31H29N3O/c1-2-8-25(9-3-1)23-35-26-16-14-24(15-17-26)22-32-34-20-18-33(19-21-34)31-29-12-6-4-10-27(29)28-11-5-7-13-30(28)31/h1-17,22,31H,18-21,23H2/b32-22-. The van der Waals surface area contributed by atoms with Gasteiger partial charge in [-0.25, -0.2) is 0 Å². The molecule has 0 unspecified atom stereocenters. The van der Waals surface area contributed by atoms with Crippen LogP contribution in [0.15, 0.2) is 108 Å². The fraction of sp³-hybridized carbons (Fsp3) is 0.194. The van der Waals surface area contributed by atoms with Crippen LogP contribution < -0.4 is 4.74 Å². The van der Waals surface area contributed by atoms with Crippen molar-refractivity contribution in [3.8, 4) is 16.9 Å². The second-order valence-corrected chi connectivity index (χ2v) is 9.15. The minimum Gasteiger partial charge on any atom is -0.489 e. The lowest BCUT2D eigenvalue weighted by molar-refractivity contribution is 0.114. The fourth-order valence-electron chi connectivity index (χ4n) is 5.15. The molecule has 1 aliphatic heterocycles. The molecule has 174 valence electrons. The van der Waals surface area contributed by atoms with Crippen LogP contribution in [0.1, 0.15) is 28.3 Å². The van der Waals surface area contributed by atoms with Crippen LogP contribution in [-0.2, 0) is 6.61 Å². The van der Waals surface area contributed by atoms with E-state index < -0.39 is 0 Å². The second kappa shape index (κ2) is 9.77. The van der Waals surface area contributed by atoms with Crippen molar-refractivity contribution in [3.05, 3.63) is 125 Å². The first-order valence-electron chi connectivity index (χ1n) is 12.3. The van der Waals surface area contributed by atoms with Crippen molar-refractivity contribution >= 4 is 6.21 Å². The Balaban J connectivity index is 1.06. The predicted molar refractivity (Wildman–Crippen MR) is 142 cm³/mol. The molecule has 0 N–H and O–H groups in total. The average Bonchev–Trinajstić information content (AvgIpc) is 3.27. The Bertz CT molecular complexity index is 1260. The van der Waals surface area contributed by atoms with Crippen LogP contribution >= 0.6 is 0 Å². The van der Waals surface area contributed by atoms with Gasteiger partial charge in [-0.05, 0) is 57.6 Å². The summed E-state index contributed by atoms with van der Waals surface area (Å²) in [4.78, 5) is 2.61. The maximum absolute atomic E-state index is 5.89. The summed E-state index contributed by atoms with van der Waals surface area (Å²) in [6, 6.07) is 36.4. The Morgan fingerprint density at radius 2 is 1.29 bits per heavy atom. The maximum atomic E-state index is 5.89. The van der Waals surface area contributed by atoms with Gasteiger partial charge in [-0.2, -0.15) is 5.10 Å². The Labute approximate surface area is 207 Å². The maximum Gasteiger partial charge on any atom is 0.119 e. The smallest absolute Gasteiger partial charge is 0.119 e. The third kappa shape index (κ3) is 4.58. The van der Waals surface area contributed by atoms with Gasteiger partial charge in [0, 0.05) is 26.2 Å². The summed E-state index contributed by atoms with van der Waals surface area (Å²) in [5, 5.41) is 6.95. The van der Waals surface area contributed by atoms with Gasteiger partial charge in [0.05, 0.1) is 12.3 Å². The van der Waals surface area contributed by atoms with Crippen molar-refractivity contribution < 1.29 is 4.74 Å². The van der Waals surface area contributed by atoms with Crippen molar-refractivity contribution in [1.29, 1.82) is 0 Å². The number of rotatable bonds is 6. The van der Waals surface area contributed by atoms with Gasteiger partial charge in [0.25, 0.3) is 0 Å². The van der Waals surface area contributed by atoms with E-state index in [4.69, 9.17) is 9.84 Å². The molecular weight excluding hydrogens is 430 g/mol. The molecule has 0 aromatic heterocycles. The molecule has 2 aliphatic rings. The zero-order valence-electron chi connectivity index (χ0n) is 19.8. The molecule has 4 nitrogen and oxygen atoms in total. The topological polar surface area (TPSA) is 28.1 Å². The first-order valence-corrected chi connectivity index (χ1v) is 12.3. The number of benzene rings is 4. The van der Waals surface area contributed by atoms with Gasteiger partial charge in [-0.1, -0.05) is 78.9 Å². The van der Waals surface area contributed by atoms with Crippen LogP contribution in [0.4, 0.5) is 0 Å². The highest BCUT2D eigenvalue weighted by Crippen LogP contribution is 2.46. The quantitative estimate of drug-likeness (QED) is 0.332. The molecule has 0 bridgehead atoms. The van der Waals surface area contributed by atoms with Gasteiger partial charge in [0.2, 0.25) is 0 Å². The molecule has 4 aromatic carbocycles. The van der Waals surface area contributed by atoms with Crippen LogP contribution in [0.25, 0.3) is 11.1 Å². The summed E-state index contributed by atoms with van der Waals surface area (Å²) in [5.74, 6) is 0.872. The van der Waals surface area contributed by atoms with Crippen molar-refractivity contribution in [2.24, 2.45) is 5.10 Å². The molecule has 0 spiro atoms. The number of piperazine rings is 1. The summed E-state index contributed by atoms with van der Waals surface area (Å²) in [6.45, 7) is 4.42. The number of hydrazone groups is 1. The van der Waals surface area contributed by atoms with Crippen LogP contribution in [0.2, 0.25) is 0 Å². The Kier molecular flexibility index (Phi) is 6.04. The molecule has 35 heavy (non-hydrogen) atoms. The molecular formula is C31H29N3O. The van der Waals surface area contributed by atoms with Crippen molar-refractivity contribution in [1.82, 2.24) is 9.91 Å². The van der Waals surface area contributed by atoms with Gasteiger partial charge in [0.1, 0.15) is 12.4 Å². The molecule has 0 amide bonds. The summed E-state index contributed by atoms with van der Waals surface area (Å²) in [5.41, 5.74) is 7.87. The van der Waals surface area contributed by atoms with E-state index in [2.05, 4.69) is 82.7 Å². The Morgan fingerprint density at radius 1 is 0.686 bits per heavy atom. The molecule has 1 fully saturated rings. The largest absolute Gasteiger partial charge is 0.489 e. The summed E-state index contributed by atoms with van der Waals surface area (Å²) >= 11 is 0. The third-order valence-electron chi connectivity index (χ3n) is 6.96. The van der Waals surface area contributed by atoms with Gasteiger partial charge in [-0.15, -0.1) is 0 Å². The van der Waals surface area contributed by atoms with Crippen molar-refractivity contribution in [3.63, 3.8) is 0 Å². The number of nitrogens with zero attached hydrogens (tertiary/aromatic N) is 3. The molecule has 1 heterocycles. The lowest BCUT2D eigenvalue weighted by Gasteiger charge is -2.37. The van der Waals surface area contributed by atoms with E-state index in [0.717, 1.165) is 37.5 Å². The third-order valence-corrected chi connectivity index (χ3v) is 6.96. The average molecular weight is 460 g/mol. The highest BCUT2D eigenvalue weighted by atomic mass is 16.5. The summed E-state index contributed by atoms with van der Waals surface area (Å²) in [6.07, 6.45) is 1.96. The Hall–Kier alpha value is -3.89. The van der Waals surface area contributed by atoms with Crippen LogP contribution in [-0.4, -0.2) is 42.3 Å². The monoisotopic (exact) mass is 459 g/mol. The highest BCUT2D eigenvalue weighted by Gasteiger charge is 2.33. The SMILES string of the molecule is C(=N/N1CCN(C2c3ccccc3-c3ccccc32)CC1)/c1ccc(OCc2ccccc2)cc1. The first kappa shape index (κ1) is 21.6. The lowest BCUT2D eigenvalue weighted by atomic mass is 10.0. The molecule has 6 rings (SSSR count). The summed E-state index contributed by atoms with van der Waals surface area (Å²) in [7, 11) is 0. The first-order chi connectivity index (χ1) is 17.3. The fourth-order valence-corrected chi connectivity index (χ4v) is 5.15. The number of hydrogen-bond donors (Lipinski definition) is 0. The Morgan fingerprint density at radius 3 is 1.94 bits per heavy atom. The van der Waals surface area contributed by atoms with E-state index in [1.807, 2.05) is 36.5 Å². The summed E-state index contributed by atoms with van der Waals surface area (Å²) < 4.78 is 5.89. The van der Waals surface area contributed by atoms with E-state index >= 15 is 0 Å². The molecule has 0 atom stereocenters. The van der Waals surface area contributed by atoms with E-state index in [1.165, 1.54) is 27.8 Å². The lowest BCUT2D eigenvalue weighted by Crippen LogP contribution is -2.45. The normalized spacial score (nSPS) is 15.8. The predicted octanol–water partition coefficient (Wildman–Crippen LogP) is 5.99. The number of hydrogen-bond acceptors (Lipinski definition) is 4. The van der Waals surface area contributed by atoms with Gasteiger partial charge < -0.3 is 4.74 Å². The molecule has 0 saturated carbocycles. The van der Waals surface area contributed by atoms with Crippen LogP contribution in [0.5, 0.6) is 5.75 Å². The molecule has 1 aliphatic carbocycles. The molecule has 4 heteroatoms. The molecule has 0 radical (unpaired) electrons. The van der Waals surface area contributed by atoms with E-state index in [1.54, 1.807) is 0 Å². The van der Waals surface area contributed by atoms with Crippen molar-refractivity contribution in [2.75, 3.05) is 26.2 Å². The number of fused-ring (bicyclic) bond motifs is 3. The van der Waals surface area contributed by atoms with Gasteiger partial charge in [0.15, 0.2) is 0 Å². The van der Waals surface area contributed by atoms with Crippen LogP contribution in [0.3, 0.4) is 0 Å². The van der Waals surface area contributed by atoms with Crippen LogP contribution in [0, 0.1) is 0 Å². The second-order valence-electron chi connectivity index (χ2n) is 9.15. The molecule has 4 aromatic rings. The minimum absolute atomic E-state index is 0.344.